The van der Waals surface area contributed by atoms with Crippen LogP contribution in [0.1, 0.15) is 31.4 Å². The molecule has 0 saturated heterocycles. The largest absolute Gasteiger partial charge is 0.483 e. The highest BCUT2D eigenvalue weighted by Crippen LogP contribution is 2.28. The van der Waals surface area contributed by atoms with Gasteiger partial charge in [0, 0.05) is 22.6 Å². The SMILES string of the molecule is CC(N)c1ccc(Br)cc1OCC(=O)NCC1CC1. The predicted octanol–water partition coefficient (Wildman–Crippen LogP) is 2.37. The number of carbonyl (C=O) groups is 1. The number of amides is 1. The molecular weight excluding hydrogens is 308 g/mol. The summed E-state index contributed by atoms with van der Waals surface area (Å²) in [4.78, 5) is 11.6. The number of hydrogen-bond donors (Lipinski definition) is 2. The van der Waals surface area contributed by atoms with Gasteiger partial charge in [0.05, 0.1) is 0 Å². The van der Waals surface area contributed by atoms with Crippen molar-refractivity contribution in [3.05, 3.63) is 28.2 Å². The molecule has 0 aliphatic heterocycles. The van der Waals surface area contributed by atoms with E-state index in [1.165, 1.54) is 12.8 Å². The van der Waals surface area contributed by atoms with Crippen LogP contribution in [-0.4, -0.2) is 19.1 Å². The fraction of sp³-hybridized carbons (Fsp3) is 0.500. The Hall–Kier alpha value is -1.07. The highest BCUT2D eigenvalue weighted by Gasteiger charge is 2.21. The molecule has 1 aliphatic rings. The van der Waals surface area contributed by atoms with Gasteiger partial charge in [-0.25, -0.2) is 0 Å². The summed E-state index contributed by atoms with van der Waals surface area (Å²) < 4.78 is 6.48. The van der Waals surface area contributed by atoms with E-state index in [0.717, 1.165) is 16.6 Å². The monoisotopic (exact) mass is 326 g/mol. The molecule has 1 aromatic carbocycles. The van der Waals surface area contributed by atoms with E-state index >= 15 is 0 Å². The van der Waals surface area contributed by atoms with Gasteiger partial charge >= 0.3 is 0 Å². The van der Waals surface area contributed by atoms with Gasteiger partial charge in [0.25, 0.3) is 5.91 Å². The summed E-state index contributed by atoms with van der Waals surface area (Å²) in [5.41, 5.74) is 6.78. The summed E-state index contributed by atoms with van der Waals surface area (Å²) in [5, 5.41) is 2.87. The van der Waals surface area contributed by atoms with Crippen LogP contribution in [-0.2, 0) is 4.79 Å². The van der Waals surface area contributed by atoms with Crippen molar-refractivity contribution in [2.75, 3.05) is 13.2 Å². The topological polar surface area (TPSA) is 64.3 Å². The van der Waals surface area contributed by atoms with Crippen LogP contribution in [0.5, 0.6) is 5.75 Å². The Balaban J connectivity index is 1.89. The average Bonchev–Trinajstić information content (AvgIpc) is 3.17. The van der Waals surface area contributed by atoms with Crippen LogP contribution < -0.4 is 15.8 Å². The Kier molecular flexibility index (Phi) is 4.82. The number of halogens is 1. The summed E-state index contributed by atoms with van der Waals surface area (Å²) >= 11 is 3.39. The zero-order valence-corrected chi connectivity index (χ0v) is 12.6. The van der Waals surface area contributed by atoms with Gasteiger partial charge in [0.15, 0.2) is 6.61 Å². The number of ether oxygens (including phenoxy) is 1. The third kappa shape index (κ3) is 4.51. The predicted molar refractivity (Wildman–Crippen MR) is 78.0 cm³/mol. The third-order valence-electron chi connectivity index (χ3n) is 3.11. The minimum absolute atomic E-state index is 0.0306. The van der Waals surface area contributed by atoms with E-state index in [4.69, 9.17) is 10.5 Å². The minimum atomic E-state index is -0.127. The van der Waals surface area contributed by atoms with Crippen LogP contribution in [0.2, 0.25) is 0 Å². The second-order valence-corrected chi connectivity index (χ2v) is 5.92. The van der Waals surface area contributed by atoms with Gasteiger partial charge in [0.2, 0.25) is 0 Å². The highest BCUT2D eigenvalue weighted by atomic mass is 79.9. The summed E-state index contributed by atoms with van der Waals surface area (Å²) in [6.45, 7) is 2.69. The maximum Gasteiger partial charge on any atom is 0.257 e. The molecular formula is C14H19BrN2O2. The van der Waals surface area contributed by atoms with Crippen LogP contribution in [0.4, 0.5) is 0 Å². The summed E-state index contributed by atoms with van der Waals surface area (Å²) in [7, 11) is 0. The fourth-order valence-electron chi connectivity index (χ4n) is 1.78. The van der Waals surface area contributed by atoms with Crippen molar-refractivity contribution < 1.29 is 9.53 Å². The molecule has 0 bridgehead atoms. The number of hydrogen-bond acceptors (Lipinski definition) is 3. The van der Waals surface area contributed by atoms with Crippen molar-refractivity contribution in [2.45, 2.75) is 25.8 Å². The van der Waals surface area contributed by atoms with Crippen molar-refractivity contribution in [1.82, 2.24) is 5.32 Å². The molecule has 0 aromatic heterocycles. The summed E-state index contributed by atoms with van der Waals surface area (Å²) in [5.74, 6) is 1.25. The van der Waals surface area contributed by atoms with Crippen molar-refractivity contribution in [2.24, 2.45) is 11.7 Å². The molecule has 104 valence electrons. The lowest BCUT2D eigenvalue weighted by Crippen LogP contribution is -2.30. The first-order valence-corrected chi connectivity index (χ1v) is 7.30. The quantitative estimate of drug-likeness (QED) is 0.843. The molecule has 19 heavy (non-hydrogen) atoms. The standard InChI is InChI=1S/C14H19BrN2O2/c1-9(16)12-5-4-11(15)6-13(12)19-8-14(18)17-7-10-2-3-10/h4-6,9-10H,2-3,7-8,16H2,1H3,(H,17,18). The molecule has 3 N–H and O–H groups in total. The first kappa shape index (κ1) is 14.3. The normalized spacial score (nSPS) is 15.9. The number of benzene rings is 1. The van der Waals surface area contributed by atoms with Gasteiger partial charge in [-0.05, 0) is 37.8 Å². The van der Waals surface area contributed by atoms with E-state index in [-0.39, 0.29) is 18.6 Å². The number of nitrogens with one attached hydrogen (secondary N) is 1. The van der Waals surface area contributed by atoms with E-state index < -0.39 is 0 Å². The lowest BCUT2D eigenvalue weighted by Gasteiger charge is -2.14. The zero-order chi connectivity index (χ0) is 13.8. The van der Waals surface area contributed by atoms with Crippen LogP contribution in [0.3, 0.4) is 0 Å². The maximum atomic E-state index is 11.6. The number of carbonyl (C=O) groups excluding carboxylic acids is 1. The Morgan fingerprint density at radius 1 is 1.58 bits per heavy atom. The molecule has 5 heteroatoms. The molecule has 0 radical (unpaired) electrons. The molecule has 1 atom stereocenters. The van der Waals surface area contributed by atoms with Crippen LogP contribution in [0.25, 0.3) is 0 Å². The van der Waals surface area contributed by atoms with E-state index in [1.54, 1.807) is 0 Å². The smallest absolute Gasteiger partial charge is 0.257 e. The highest BCUT2D eigenvalue weighted by molar-refractivity contribution is 9.10. The molecule has 4 nitrogen and oxygen atoms in total. The molecule has 1 saturated carbocycles. The summed E-state index contributed by atoms with van der Waals surface area (Å²) in [6.07, 6.45) is 2.45. The van der Waals surface area contributed by atoms with E-state index in [2.05, 4.69) is 21.2 Å². The molecule has 0 heterocycles. The third-order valence-corrected chi connectivity index (χ3v) is 3.60. The van der Waals surface area contributed by atoms with Gasteiger partial charge in [-0.15, -0.1) is 0 Å². The molecule has 1 aliphatic carbocycles. The molecule has 1 aromatic rings. The first-order chi connectivity index (χ1) is 9.06. The Morgan fingerprint density at radius 3 is 2.95 bits per heavy atom. The van der Waals surface area contributed by atoms with Gasteiger partial charge < -0.3 is 15.8 Å². The van der Waals surface area contributed by atoms with Crippen LogP contribution >= 0.6 is 15.9 Å². The molecule has 0 spiro atoms. The molecule has 1 unspecified atom stereocenters. The maximum absolute atomic E-state index is 11.6. The second kappa shape index (κ2) is 6.39. The fourth-order valence-corrected chi connectivity index (χ4v) is 2.12. The lowest BCUT2D eigenvalue weighted by molar-refractivity contribution is -0.123. The Labute approximate surface area is 121 Å². The van der Waals surface area contributed by atoms with Gasteiger partial charge in [-0.3, -0.25) is 4.79 Å². The van der Waals surface area contributed by atoms with Gasteiger partial charge in [-0.2, -0.15) is 0 Å². The van der Waals surface area contributed by atoms with Crippen molar-refractivity contribution in [1.29, 1.82) is 0 Å². The van der Waals surface area contributed by atoms with Crippen LogP contribution in [0, 0.1) is 5.92 Å². The van der Waals surface area contributed by atoms with E-state index in [0.29, 0.717) is 11.7 Å². The van der Waals surface area contributed by atoms with Crippen molar-refractivity contribution in [3.8, 4) is 5.75 Å². The van der Waals surface area contributed by atoms with Crippen LogP contribution in [0.15, 0.2) is 22.7 Å². The second-order valence-electron chi connectivity index (χ2n) is 5.01. The Morgan fingerprint density at radius 2 is 2.32 bits per heavy atom. The number of nitrogens with two attached hydrogens (primary N) is 1. The lowest BCUT2D eigenvalue weighted by atomic mass is 10.1. The number of rotatable bonds is 6. The Bertz CT molecular complexity index is 459. The first-order valence-electron chi connectivity index (χ1n) is 6.51. The molecule has 1 amide bonds. The average molecular weight is 327 g/mol. The van der Waals surface area contributed by atoms with E-state index in [9.17, 15) is 4.79 Å². The summed E-state index contributed by atoms with van der Waals surface area (Å²) in [6, 6.07) is 5.54. The van der Waals surface area contributed by atoms with Gasteiger partial charge in [0.1, 0.15) is 5.75 Å². The van der Waals surface area contributed by atoms with Crippen molar-refractivity contribution >= 4 is 21.8 Å². The molecule has 2 rings (SSSR count). The minimum Gasteiger partial charge on any atom is -0.483 e. The van der Waals surface area contributed by atoms with E-state index in [1.807, 2.05) is 25.1 Å². The van der Waals surface area contributed by atoms with Crippen molar-refractivity contribution in [3.63, 3.8) is 0 Å². The zero-order valence-electron chi connectivity index (χ0n) is 11.0. The van der Waals surface area contributed by atoms with Gasteiger partial charge in [-0.1, -0.05) is 22.0 Å². The molecule has 1 fully saturated rings.